The number of thiazole rings is 1. The number of nitrogens with zero attached hydrogens (tertiary/aromatic N) is 4. The van der Waals surface area contributed by atoms with Crippen molar-refractivity contribution in [2.24, 2.45) is 0 Å². The Hall–Kier alpha value is -1.44. The van der Waals surface area contributed by atoms with Crippen LogP contribution in [0.5, 0.6) is 0 Å². The molecule has 1 aliphatic heterocycles. The first kappa shape index (κ1) is 16.4. The van der Waals surface area contributed by atoms with Gasteiger partial charge >= 0.3 is 0 Å². The van der Waals surface area contributed by atoms with Gasteiger partial charge in [-0.3, -0.25) is 14.7 Å². The van der Waals surface area contributed by atoms with Crippen LogP contribution in [0.2, 0.25) is 0 Å². The number of pyridine rings is 1. The summed E-state index contributed by atoms with van der Waals surface area (Å²) in [6.45, 7) is 6.37. The minimum atomic E-state index is 0.218. The van der Waals surface area contributed by atoms with Crippen molar-refractivity contribution in [1.82, 2.24) is 19.8 Å². The van der Waals surface area contributed by atoms with Crippen molar-refractivity contribution in [1.29, 1.82) is 0 Å². The van der Waals surface area contributed by atoms with Gasteiger partial charge < -0.3 is 4.90 Å². The minimum absolute atomic E-state index is 0.218. The molecule has 5 nitrogen and oxygen atoms in total. The zero-order valence-corrected chi connectivity index (χ0v) is 14.8. The van der Waals surface area contributed by atoms with Crippen LogP contribution < -0.4 is 0 Å². The van der Waals surface area contributed by atoms with Crippen molar-refractivity contribution in [3.8, 4) is 0 Å². The van der Waals surface area contributed by atoms with Crippen molar-refractivity contribution < 1.29 is 4.79 Å². The van der Waals surface area contributed by atoms with E-state index in [9.17, 15) is 4.79 Å². The minimum Gasteiger partial charge on any atom is -0.339 e. The molecule has 0 unspecified atom stereocenters. The molecule has 0 aromatic carbocycles. The lowest BCUT2D eigenvalue weighted by Crippen LogP contribution is -2.48. The van der Waals surface area contributed by atoms with Gasteiger partial charge in [0, 0.05) is 55.4 Å². The van der Waals surface area contributed by atoms with E-state index in [-0.39, 0.29) is 5.91 Å². The van der Waals surface area contributed by atoms with Crippen molar-refractivity contribution in [3.63, 3.8) is 0 Å². The quantitative estimate of drug-likeness (QED) is 0.776. The van der Waals surface area contributed by atoms with E-state index in [1.54, 1.807) is 35.5 Å². The Bertz CT molecular complexity index is 639. The Morgan fingerprint density at radius 3 is 2.65 bits per heavy atom. The summed E-state index contributed by atoms with van der Waals surface area (Å²) < 4.78 is 0. The number of carbonyl (C=O) groups excluding carboxylic acids is 1. The molecule has 0 bridgehead atoms. The Kier molecular flexibility index (Phi) is 5.64. The number of rotatable bonds is 5. The zero-order valence-electron chi connectivity index (χ0n) is 13.1. The molecule has 0 saturated carbocycles. The van der Waals surface area contributed by atoms with E-state index in [0.29, 0.717) is 5.75 Å². The highest BCUT2D eigenvalue weighted by atomic mass is 32.2. The summed E-state index contributed by atoms with van der Waals surface area (Å²) in [6.07, 6.45) is 3.51. The van der Waals surface area contributed by atoms with Gasteiger partial charge in [0.1, 0.15) is 0 Å². The first-order chi connectivity index (χ1) is 11.2. The van der Waals surface area contributed by atoms with Crippen LogP contribution in [-0.2, 0) is 11.3 Å². The van der Waals surface area contributed by atoms with Crippen molar-refractivity contribution in [2.75, 3.05) is 31.9 Å². The van der Waals surface area contributed by atoms with E-state index in [2.05, 4.69) is 20.2 Å². The summed E-state index contributed by atoms with van der Waals surface area (Å²) in [7, 11) is 0. The summed E-state index contributed by atoms with van der Waals surface area (Å²) in [5, 5.41) is 3.24. The smallest absolute Gasteiger partial charge is 0.233 e. The molecule has 0 atom stereocenters. The molecule has 1 aliphatic rings. The fraction of sp³-hybridized carbons (Fsp3) is 0.438. The number of amides is 1. The summed E-state index contributed by atoms with van der Waals surface area (Å²) in [6, 6.07) is 3.87. The van der Waals surface area contributed by atoms with E-state index < -0.39 is 0 Å². The van der Waals surface area contributed by atoms with Crippen LogP contribution in [0.15, 0.2) is 34.8 Å². The Labute approximate surface area is 144 Å². The first-order valence-electron chi connectivity index (χ1n) is 7.64. The number of piperazine rings is 1. The van der Waals surface area contributed by atoms with Gasteiger partial charge in [0.05, 0.1) is 16.5 Å². The predicted molar refractivity (Wildman–Crippen MR) is 93.7 cm³/mol. The lowest BCUT2D eigenvalue weighted by molar-refractivity contribution is -0.130. The summed E-state index contributed by atoms with van der Waals surface area (Å²) in [5.41, 5.74) is 1.14. The van der Waals surface area contributed by atoms with Crippen molar-refractivity contribution in [3.05, 3.63) is 40.6 Å². The van der Waals surface area contributed by atoms with Gasteiger partial charge in [-0.15, -0.1) is 23.1 Å². The van der Waals surface area contributed by atoms with Gasteiger partial charge in [0.2, 0.25) is 5.91 Å². The number of aromatic nitrogens is 2. The van der Waals surface area contributed by atoms with Gasteiger partial charge in [-0.1, -0.05) is 0 Å². The molecule has 7 heteroatoms. The normalized spacial score (nSPS) is 15.8. The lowest BCUT2D eigenvalue weighted by atomic mass is 10.3. The highest BCUT2D eigenvalue weighted by Gasteiger charge is 2.21. The van der Waals surface area contributed by atoms with E-state index in [1.165, 1.54) is 0 Å². The van der Waals surface area contributed by atoms with Gasteiger partial charge in [-0.25, -0.2) is 4.98 Å². The molecule has 23 heavy (non-hydrogen) atoms. The average Bonchev–Trinajstić information content (AvgIpc) is 2.99. The monoisotopic (exact) mass is 348 g/mol. The van der Waals surface area contributed by atoms with Crippen LogP contribution in [0.25, 0.3) is 0 Å². The first-order valence-corrected chi connectivity index (χ1v) is 9.51. The maximum atomic E-state index is 12.3. The van der Waals surface area contributed by atoms with Gasteiger partial charge in [0.15, 0.2) is 0 Å². The van der Waals surface area contributed by atoms with Crippen LogP contribution in [0, 0.1) is 6.92 Å². The van der Waals surface area contributed by atoms with Crippen LogP contribution in [-0.4, -0.2) is 57.6 Å². The maximum absolute atomic E-state index is 12.3. The molecule has 3 rings (SSSR count). The molecule has 2 aromatic heterocycles. The van der Waals surface area contributed by atoms with Crippen LogP contribution in [0.1, 0.15) is 10.7 Å². The highest BCUT2D eigenvalue weighted by molar-refractivity contribution is 8.00. The second kappa shape index (κ2) is 7.90. The van der Waals surface area contributed by atoms with Crippen LogP contribution >= 0.6 is 23.1 Å². The largest absolute Gasteiger partial charge is 0.339 e. The standard InChI is InChI=1S/C16H20N4OS2/c1-13-18-14(11-22-13)10-19-6-8-20(9-7-19)16(21)12-23-15-2-4-17-5-3-15/h2-5,11H,6-10,12H2,1H3. The highest BCUT2D eigenvalue weighted by Crippen LogP contribution is 2.18. The zero-order chi connectivity index (χ0) is 16.1. The third kappa shape index (κ3) is 4.76. The third-order valence-corrected chi connectivity index (χ3v) is 5.61. The van der Waals surface area contributed by atoms with Gasteiger partial charge in [-0.05, 0) is 19.1 Å². The molecule has 1 fully saturated rings. The van der Waals surface area contributed by atoms with E-state index in [1.807, 2.05) is 24.0 Å². The molecule has 122 valence electrons. The summed E-state index contributed by atoms with van der Waals surface area (Å²) in [4.78, 5) is 26.2. The molecule has 0 spiro atoms. The summed E-state index contributed by atoms with van der Waals surface area (Å²) >= 11 is 3.27. The molecular weight excluding hydrogens is 328 g/mol. The molecule has 0 aliphatic carbocycles. The Morgan fingerprint density at radius 1 is 1.26 bits per heavy atom. The fourth-order valence-corrected chi connectivity index (χ4v) is 3.93. The Balaban J connectivity index is 1.42. The molecule has 3 heterocycles. The SMILES string of the molecule is Cc1nc(CN2CCN(C(=O)CSc3ccncc3)CC2)cs1. The topological polar surface area (TPSA) is 49.3 Å². The summed E-state index contributed by atoms with van der Waals surface area (Å²) in [5.74, 6) is 0.714. The molecule has 0 N–H and O–H groups in total. The van der Waals surface area contributed by atoms with Crippen molar-refractivity contribution in [2.45, 2.75) is 18.4 Å². The molecule has 1 saturated heterocycles. The lowest BCUT2D eigenvalue weighted by Gasteiger charge is -2.34. The molecule has 1 amide bonds. The molecule has 2 aromatic rings. The second-order valence-corrected chi connectivity index (χ2v) is 7.60. The van der Waals surface area contributed by atoms with Crippen molar-refractivity contribution >= 4 is 29.0 Å². The number of hydrogen-bond acceptors (Lipinski definition) is 6. The number of carbonyl (C=O) groups is 1. The number of thioether (sulfide) groups is 1. The predicted octanol–water partition coefficient (Wildman–Crippen LogP) is 2.28. The molecular formula is C16H20N4OS2. The second-order valence-electron chi connectivity index (χ2n) is 5.49. The van der Waals surface area contributed by atoms with Gasteiger partial charge in [-0.2, -0.15) is 0 Å². The third-order valence-electron chi connectivity index (χ3n) is 3.79. The van der Waals surface area contributed by atoms with Crippen LogP contribution in [0.3, 0.4) is 0 Å². The van der Waals surface area contributed by atoms with E-state index >= 15 is 0 Å². The van der Waals surface area contributed by atoms with Crippen LogP contribution in [0.4, 0.5) is 0 Å². The molecule has 0 radical (unpaired) electrons. The van der Waals surface area contributed by atoms with Gasteiger partial charge in [0.25, 0.3) is 0 Å². The average molecular weight is 348 g/mol. The number of aryl methyl sites for hydroxylation is 1. The fourth-order valence-electron chi connectivity index (χ4n) is 2.54. The number of hydrogen-bond donors (Lipinski definition) is 0. The maximum Gasteiger partial charge on any atom is 0.233 e. The Morgan fingerprint density at radius 2 is 2.00 bits per heavy atom. The van der Waals surface area contributed by atoms with E-state index in [4.69, 9.17) is 0 Å². The van der Waals surface area contributed by atoms with E-state index in [0.717, 1.165) is 48.3 Å².